The van der Waals surface area contributed by atoms with Gasteiger partial charge >= 0.3 is 0 Å². The van der Waals surface area contributed by atoms with Crippen LogP contribution in [-0.2, 0) is 32.6 Å². The van der Waals surface area contributed by atoms with Crippen molar-refractivity contribution in [2.24, 2.45) is 0 Å². The Balaban J connectivity index is 2.06. The number of rotatable bonds is 14. The minimum Gasteiger partial charge on any atom is -0.497 e. The molecule has 2 atom stereocenters. The van der Waals surface area contributed by atoms with Crippen LogP contribution in [0, 0.1) is 0 Å². The number of anilines is 1. The molecule has 2 unspecified atom stereocenters. The standard InChI is InChI=1S/C32H41N3O5S/c1-6-24(4)33-32(37)30(8-3)34(22-26-13-12-14-28(21-26)40-5)31(36)23-35(27-19-17-25(7-2)18-20-27)41(38,39)29-15-10-9-11-16-29/h9-21,24,30H,6-8,22-23H2,1-5H3,(H,33,37). The highest BCUT2D eigenvalue weighted by Crippen LogP contribution is 2.26. The summed E-state index contributed by atoms with van der Waals surface area (Å²) in [5.41, 5.74) is 2.18. The highest BCUT2D eigenvalue weighted by Gasteiger charge is 2.34. The molecule has 0 saturated carbocycles. The van der Waals surface area contributed by atoms with Crippen LogP contribution in [-0.4, -0.2) is 50.9 Å². The average Bonchev–Trinajstić information content (AvgIpc) is 3.00. The molecule has 0 bridgehead atoms. The zero-order valence-electron chi connectivity index (χ0n) is 24.5. The van der Waals surface area contributed by atoms with Gasteiger partial charge in [0.05, 0.1) is 17.7 Å². The molecule has 2 amide bonds. The van der Waals surface area contributed by atoms with Crippen LogP contribution in [0.4, 0.5) is 5.69 Å². The van der Waals surface area contributed by atoms with Crippen LogP contribution in [0.1, 0.15) is 51.7 Å². The number of carbonyl (C=O) groups excluding carboxylic acids is 2. The third-order valence-corrected chi connectivity index (χ3v) is 8.90. The van der Waals surface area contributed by atoms with Crippen molar-refractivity contribution in [3.05, 3.63) is 90.0 Å². The van der Waals surface area contributed by atoms with Crippen LogP contribution in [0.15, 0.2) is 83.8 Å². The number of nitrogens with one attached hydrogen (secondary N) is 1. The molecule has 3 rings (SSSR count). The van der Waals surface area contributed by atoms with E-state index >= 15 is 0 Å². The molecular formula is C32H41N3O5S. The van der Waals surface area contributed by atoms with E-state index in [0.717, 1.165) is 28.3 Å². The molecule has 0 aliphatic carbocycles. The number of aryl methyl sites for hydroxylation is 1. The van der Waals surface area contributed by atoms with E-state index in [1.54, 1.807) is 43.5 Å². The van der Waals surface area contributed by atoms with Gasteiger partial charge in [0.15, 0.2) is 0 Å². The Morgan fingerprint density at radius 1 is 0.878 bits per heavy atom. The van der Waals surface area contributed by atoms with Crippen molar-refractivity contribution in [1.82, 2.24) is 10.2 Å². The van der Waals surface area contributed by atoms with Crippen molar-refractivity contribution in [3.63, 3.8) is 0 Å². The Hall–Kier alpha value is -3.85. The topological polar surface area (TPSA) is 96.0 Å². The van der Waals surface area contributed by atoms with Gasteiger partial charge in [-0.25, -0.2) is 8.42 Å². The van der Waals surface area contributed by atoms with Gasteiger partial charge in [-0.2, -0.15) is 0 Å². The molecule has 0 saturated heterocycles. The number of sulfonamides is 1. The number of ether oxygens (including phenoxy) is 1. The summed E-state index contributed by atoms with van der Waals surface area (Å²) in [6.07, 6.45) is 1.89. The van der Waals surface area contributed by atoms with Crippen molar-refractivity contribution in [2.45, 2.75) is 70.5 Å². The largest absolute Gasteiger partial charge is 0.497 e. The van der Waals surface area contributed by atoms with Crippen molar-refractivity contribution in [1.29, 1.82) is 0 Å². The predicted molar refractivity (Wildman–Crippen MR) is 162 cm³/mol. The van der Waals surface area contributed by atoms with E-state index in [1.165, 1.54) is 17.0 Å². The zero-order valence-corrected chi connectivity index (χ0v) is 25.4. The lowest BCUT2D eigenvalue weighted by Crippen LogP contribution is -2.53. The monoisotopic (exact) mass is 579 g/mol. The molecule has 0 aliphatic rings. The Labute approximate surface area is 244 Å². The zero-order chi connectivity index (χ0) is 30.0. The normalized spacial score (nSPS) is 12.7. The van der Waals surface area contributed by atoms with E-state index in [4.69, 9.17) is 4.74 Å². The second-order valence-electron chi connectivity index (χ2n) is 9.96. The average molecular weight is 580 g/mol. The minimum atomic E-state index is -4.10. The van der Waals surface area contributed by atoms with Gasteiger partial charge in [-0.15, -0.1) is 0 Å². The van der Waals surface area contributed by atoms with Gasteiger partial charge in [-0.05, 0) is 73.7 Å². The number of benzene rings is 3. The van der Waals surface area contributed by atoms with Crippen LogP contribution in [0.2, 0.25) is 0 Å². The van der Waals surface area contributed by atoms with Crippen LogP contribution in [0.25, 0.3) is 0 Å². The number of nitrogens with zero attached hydrogens (tertiary/aromatic N) is 2. The molecule has 220 valence electrons. The smallest absolute Gasteiger partial charge is 0.264 e. The lowest BCUT2D eigenvalue weighted by Gasteiger charge is -2.33. The minimum absolute atomic E-state index is 0.0719. The van der Waals surface area contributed by atoms with Gasteiger partial charge in [0, 0.05) is 12.6 Å². The van der Waals surface area contributed by atoms with E-state index in [2.05, 4.69) is 5.32 Å². The third kappa shape index (κ3) is 8.10. The number of hydrogen-bond donors (Lipinski definition) is 1. The fraction of sp³-hybridized carbons (Fsp3) is 0.375. The van der Waals surface area contributed by atoms with Crippen molar-refractivity contribution < 1.29 is 22.7 Å². The fourth-order valence-electron chi connectivity index (χ4n) is 4.47. The van der Waals surface area contributed by atoms with E-state index < -0.39 is 28.5 Å². The van der Waals surface area contributed by atoms with Crippen LogP contribution >= 0.6 is 0 Å². The first-order valence-electron chi connectivity index (χ1n) is 14.0. The molecule has 3 aromatic rings. The SMILES string of the molecule is CCc1ccc(N(CC(=O)N(Cc2cccc(OC)c2)C(CC)C(=O)NC(C)CC)S(=O)(=O)c2ccccc2)cc1. The van der Waals surface area contributed by atoms with E-state index in [-0.39, 0.29) is 23.4 Å². The Bertz CT molecular complexity index is 1390. The van der Waals surface area contributed by atoms with Gasteiger partial charge in [-0.1, -0.05) is 63.2 Å². The number of hydrogen-bond acceptors (Lipinski definition) is 5. The summed E-state index contributed by atoms with van der Waals surface area (Å²) in [5, 5.41) is 2.99. The summed E-state index contributed by atoms with van der Waals surface area (Å²) in [4.78, 5) is 29.1. The molecule has 0 aliphatic heterocycles. The predicted octanol–water partition coefficient (Wildman–Crippen LogP) is 5.18. The van der Waals surface area contributed by atoms with Crippen LogP contribution in [0.5, 0.6) is 5.75 Å². The fourth-order valence-corrected chi connectivity index (χ4v) is 5.91. The van der Waals surface area contributed by atoms with E-state index in [1.807, 2.05) is 58.0 Å². The first-order chi connectivity index (χ1) is 19.6. The summed E-state index contributed by atoms with van der Waals surface area (Å²) in [7, 11) is -2.53. The van der Waals surface area contributed by atoms with Gasteiger partial charge < -0.3 is 15.0 Å². The lowest BCUT2D eigenvalue weighted by atomic mass is 10.1. The van der Waals surface area contributed by atoms with Gasteiger partial charge in [0.2, 0.25) is 11.8 Å². The molecule has 9 heteroatoms. The van der Waals surface area contributed by atoms with Gasteiger partial charge in [0.25, 0.3) is 10.0 Å². The molecule has 41 heavy (non-hydrogen) atoms. The maximum absolute atomic E-state index is 14.2. The van der Waals surface area contributed by atoms with Crippen molar-refractivity contribution in [2.75, 3.05) is 18.0 Å². The Morgan fingerprint density at radius 3 is 2.15 bits per heavy atom. The molecule has 3 aromatic carbocycles. The van der Waals surface area contributed by atoms with Gasteiger partial charge in [-0.3, -0.25) is 13.9 Å². The summed E-state index contributed by atoms with van der Waals surface area (Å²) < 4.78 is 34.3. The van der Waals surface area contributed by atoms with Crippen LogP contribution in [0.3, 0.4) is 0 Å². The third-order valence-electron chi connectivity index (χ3n) is 7.12. The van der Waals surface area contributed by atoms with Crippen molar-refractivity contribution >= 4 is 27.5 Å². The highest BCUT2D eigenvalue weighted by molar-refractivity contribution is 7.92. The van der Waals surface area contributed by atoms with Crippen molar-refractivity contribution in [3.8, 4) is 5.75 Å². The number of methoxy groups -OCH3 is 1. The molecule has 1 N–H and O–H groups in total. The quantitative estimate of drug-likeness (QED) is 0.284. The second kappa shape index (κ2) is 14.7. The maximum Gasteiger partial charge on any atom is 0.264 e. The van der Waals surface area contributed by atoms with Crippen LogP contribution < -0.4 is 14.4 Å². The Kier molecular flexibility index (Phi) is 11.3. The summed E-state index contributed by atoms with van der Waals surface area (Å²) >= 11 is 0. The Morgan fingerprint density at radius 2 is 1.56 bits per heavy atom. The highest BCUT2D eigenvalue weighted by atomic mass is 32.2. The molecule has 8 nitrogen and oxygen atoms in total. The van der Waals surface area contributed by atoms with E-state index in [9.17, 15) is 18.0 Å². The first-order valence-corrected chi connectivity index (χ1v) is 15.5. The number of carbonyl (C=O) groups is 2. The lowest BCUT2D eigenvalue weighted by molar-refractivity contribution is -0.140. The summed E-state index contributed by atoms with van der Waals surface area (Å²) in [6, 6.07) is 21.6. The van der Waals surface area contributed by atoms with Gasteiger partial charge in [0.1, 0.15) is 18.3 Å². The molecule has 0 heterocycles. The maximum atomic E-state index is 14.2. The molecule has 0 fully saturated rings. The molecule has 0 aromatic heterocycles. The number of amides is 2. The molecule has 0 spiro atoms. The molecule has 0 radical (unpaired) electrons. The second-order valence-corrected chi connectivity index (χ2v) is 11.8. The van der Waals surface area contributed by atoms with E-state index in [0.29, 0.717) is 17.9 Å². The summed E-state index contributed by atoms with van der Waals surface area (Å²) in [6.45, 7) is 7.38. The summed E-state index contributed by atoms with van der Waals surface area (Å²) in [5.74, 6) is -0.141. The first kappa shape index (κ1) is 31.7. The molecular weight excluding hydrogens is 538 g/mol.